The molecule has 0 aromatic rings. The summed E-state index contributed by atoms with van der Waals surface area (Å²) in [5.41, 5.74) is -1.03. The van der Waals surface area contributed by atoms with Gasteiger partial charge in [-0.2, -0.15) is 0 Å². The fourth-order valence-corrected chi connectivity index (χ4v) is 0.813. The van der Waals surface area contributed by atoms with Crippen molar-refractivity contribution in [1.29, 1.82) is 0 Å². The quantitative estimate of drug-likeness (QED) is 0.635. The molecule has 0 heterocycles. The molecule has 1 atom stereocenters. The number of methoxy groups -OCH3 is 1. The van der Waals surface area contributed by atoms with Gasteiger partial charge in [-0.25, -0.2) is 4.79 Å². The second kappa shape index (κ2) is 5.50. The molecule has 0 fully saturated rings. The van der Waals surface area contributed by atoms with E-state index in [-0.39, 0.29) is 6.42 Å². The van der Waals surface area contributed by atoms with Crippen LogP contribution in [0.3, 0.4) is 0 Å². The molecule has 0 spiro atoms. The summed E-state index contributed by atoms with van der Waals surface area (Å²) in [4.78, 5) is 22.3. The molecule has 0 aromatic carbocycles. The number of ether oxygens (including phenoxy) is 1. The number of carboxylic acids is 1. The molecular weight excluding hydrogens is 198 g/mol. The normalized spacial score (nSPS) is 13.0. The topological polar surface area (TPSA) is 75.6 Å². The Morgan fingerprint density at radius 1 is 1.60 bits per heavy atom. The van der Waals surface area contributed by atoms with Crippen LogP contribution in [0.2, 0.25) is 0 Å². The average Bonchev–Trinajstić information content (AvgIpc) is 2.16. The lowest BCUT2D eigenvalue weighted by Gasteiger charge is -2.24. The first kappa shape index (κ1) is 13.6. The largest absolute Gasteiger partial charge is 0.480 e. The summed E-state index contributed by atoms with van der Waals surface area (Å²) in [7, 11) is 1.39. The van der Waals surface area contributed by atoms with Gasteiger partial charge in [-0.05, 0) is 20.3 Å². The summed E-state index contributed by atoms with van der Waals surface area (Å²) in [6.45, 7) is 6.56. The van der Waals surface area contributed by atoms with E-state index in [1.54, 1.807) is 13.8 Å². The fourth-order valence-electron chi connectivity index (χ4n) is 0.813. The molecule has 0 bridgehead atoms. The lowest BCUT2D eigenvalue weighted by molar-refractivity contribution is -0.147. The number of carbonyl (C=O) groups excluding carboxylic acids is 1. The van der Waals surface area contributed by atoms with Gasteiger partial charge in [0.05, 0.1) is 0 Å². The van der Waals surface area contributed by atoms with Gasteiger partial charge >= 0.3 is 5.97 Å². The van der Waals surface area contributed by atoms with E-state index in [9.17, 15) is 9.59 Å². The Balaban J connectivity index is 4.48. The van der Waals surface area contributed by atoms with Gasteiger partial charge in [0, 0.05) is 7.11 Å². The number of rotatable bonds is 6. The van der Waals surface area contributed by atoms with Crippen LogP contribution >= 0.6 is 0 Å². The molecule has 0 rings (SSSR count). The highest BCUT2D eigenvalue weighted by atomic mass is 16.5. The minimum absolute atomic E-state index is 0.181. The van der Waals surface area contributed by atoms with Gasteiger partial charge in [0.2, 0.25) is 0 Å². The zero-order valence-electron chi connectivity index (χ0n) is 9.24. The zero-order chi connectivity index (χ0) is 12.1. The molecule has 1 amide bonds. The molecule has 5 heteroatoms. The number of hydrogen-bond acceptors (Lipinski definition) is 3. The van der Waals surface area contributed by atoms with Crippen LogP contribution in [0.15, 0.2) is 12.7 Å². The summed E-state index contributed by atoms with van der Waals surface area (Å²) < 4.78 is 4.93. The van der Waals surface area contributed by atoms with Gasteiger partial charge in [-0.15, -0.1) is 6.58 Å². The van der Waals surface area contributed by atoms with Gasteiger partial charge in [-0.1, -0.05) is 6.08 Å². The van der Waals surface area contributed by atoms with E-state index in [0.717, 1.165) is 0 Å². The monoisotopic (exact) mass is 215 g/mol. The molecule has 0 radical (unpaired) electrons. The Kier molecular flexibility index (Phi) is 5.00. The fraction of sp³-hybridized carbons (Fsp3) is 0.600. The van der Waals surface area contributed by atoms with Crippen molar-refractivity contribution < 1.29 is 19.4 Å². The van der Waals surface area contributed by atoms with Crippen LogP contribution in [0.25, 0.3) is 0 Å². The Morgan fingerprint density at radius 2 is 2.13 bits per heavy atom. The SMILES string of the molecule is C=CCC(NC(=O)C(C)(C)OC)C(=O)O. The predicted octanol–water partition coefficient (Wildman–Crippen LogP) is 0.557. The number of hydrogen-bond donors (Lipinski definition) is 2. The van der Waals surface area contributed by atoms with E-state index in [4.69, 9.17) is 9.84 Å². The first-order valence-corrected chi connectivity index (χ1v) is 4.55. The second-order valence-corrected chi connectivity index (χ2v) is 3.60. The third-order valence-electron chi connectivity index (χ3n) is 2.06. The zero-order valence-corrected chi connectivity index (χ0v) is 9.24. The van der Waals surface area contributed by atoms with E-state index >= 15 is 0 Å². The third-order valence-corrected chi connectivity index (χ3v) is 2.06. The van der Waals surface area contributed by atoms with E-state index in [1.165, 1.54) is 13.2 Å². The van der Waals surface area contributed by atoms with E-state index < -0.39 is 23.5 Å². The lowest BCUT2D eigenvalue weighted by Crippen LogP contribution is -2.50. The number of aliphatic carboxylic acids is 1. The molecule has 0 saturated carbocycles. The molecule has 2 N–H and O–H groups in total. The van der Waals surface area contributed by atoms with Crippen molar-refractivity contribution in [3.05, 3.63) is 12.7 Å². The van der Waals surface area contributed by atoms with Crippen molar-refractivity contribution in [3.63, 3.8) is 0 Å². The van der Waals surface area contributed by atoms with Crippen molar-refractivity contribution in [2.75, 3.05) is 7.11 Å². The molecule has 1 unspecified atom stereocenters. The minimum atomic E-state index is -1.09. The van der Waals surface area contributed by atoms with E-state index in [0.29, 0.717) is 0 Å². The van der Waals surface area contributed by atoms with Crippen LogP contribution in [0.1, 0.15) is 20.3 Å². The van der Waals surface area contributed by atoms with Gasteiger partial charge in [0.25, 0.3) is 5.91 Å². The van der Waals surface area contributed by atoms with Crippen LogP contribution in [0.4, 0.5) is 0 Å². The van der Waals surface area contributed by atoms with Crippen molar-refractivity contribution in [2.45, 2.75) is 31.9 Å². The highest BCUT2D eigenvalue weighted by molar-refractivity contribution is 5.88. The van der Waals surface area contributed by atoms with E-state index in [2.05, 4.69) is 11.9 Å². The number of carbonyl (C=O) groups is 2. The maximum atomic E-state index is 11.6. The molecular formula is C10H17NO4. The average molecular weight is 215 g/mol. The standard InChI is InChI=1S/C10H17NO4/c1-5-6-7(8(12)13)11-9(14)10(2,3)15-4/h5,7H,1,6H2,2-4H3,(H,11,14)(H,12,13). The van der Waals surface area contributed by atoms with Crippen molar-refractivity contribution in [1.82, 2.24) is 5.32 Å². The van der Waals surface area contributed by atoms with Crippen LogP contribution < -0.4 is 5.32 Å². The van der Waals surface area contributed by atoms with E-state index in [1.807, 2.05) is 0 Å². The Labute approximate surface area is 89.1 Å². The highest BCUT2D eigenvalue weighted by Gasteiger charge is 2.30. The molecule has 0 aliphatic rings. The molecule has 86 valence electrons. The van der Waals surface area contributed by atoms with Gasteiger partial charge < -0.3 is 15.2 Å². The number of amides is 1. The van der Waals surface area contributed by atoms with Crippen molar-refractivity contribution in [3.8, 4) is 0 Å². The minimum Gasteiger partial charge on any atom is -0.480 e. The lowest BCUT2D eigenvalue weighted by atomic mass is 10.1. The number of nitrogens with one attached hydrogen (secondary N) is 1. The summed E-state index contributed by atoms with van der Waals surface area (Å²) in [6.07, 6.45) is 1.62. The predicted molar refractivity (Wildman–Crippen MR) is 55.5 cm³/mol. The Bertz CT molecular complexity index is 260. The smallest absolute Gasteiger partial charge is 0.326 e. The van der Waals surface area contributed by atoms with Crippen LogP contribution in [-0.4, -0.2) is 35.7 Å². The summed E-state index contributed by atoms with van der Waals surface area (Å²) in [5, 5.41) is 11.2. The summed E-state index contributed by atoms with van der Waals surface area (Å²) >= 11 is 0. The van der Waals surface area contributed by atoms with Crippen LogP contribution in [0.5, 0.6) is 0 Å². The maximum Gasteiger partial charge on any atom is 0.326 e. The number of carboxylic acid groups (broad SMARTS) is 1. The molecule has 0 saturated heterocycles. The Morgan fingerprint density at radius 3 is 2.47 bits per heavy atom. The molecule has 0 aliphatic heterocycles. The third kappa shape index (κ3) is 4.12. The van der Waals surface area contributed by atoms with Crippen LogP contribution in [0, 0.1) is 0 Å². The van der Waals surface area contributed by atoms with Gasteiger partial charge in [0.15, 0.2) is 0 Å². The van der Waals surface area contributed by atoms with Gasteiger partial charge in [-0.3, -0.25) is 4.79 Å². The molecule has 0 aromatic heterocycles. The molecule has 0 aliphatic carbocycles. The highest BCUT2D eigenvalue weighted by Crippen LogP contribution is 2.08. The van der Waals surface area contributed by atoms with Crippen molar-refractivity contribution >= 4 is 11.9 Å². The summed E-state index contributed by atoms with van der Waals surface area (Å²) in [5.74, 6) is -1.55. The van der Waals surface area contributed by atoms with Gasteiger partial charge in [0.1, 0.15) is 11.6 Å². The first-order chi connectivity index (χ1) is 6.85. The van der Waals surface area contributed by atoms with Crippen LogP contribution in [-0.2, 0) is 14.3 Å². The summed E-state index contributed by atoms with van der Waals surface area (Å²) in [6, 6.07) is -0.954. The molecule has 15 heavy (non-hydrogen) atoms. The first-order valence-electron chi connectivity index (χ1n) is 4.55. The molecule has 5 nitrogen and oxygen atoms in total. The van der Waals surface area contributed by atoms with Crippen molar-refractivity contribution in [2.24, 2.45) is 0 Å². The second-order valence-electron chi connectivity index (χ2n) is 3.60. The Hall–Kier alpha value is -1.36. The maximum absolute atomic E-state index is 11.6.